The Labute approximate surface area is 128 Å². The number of carbonyl (C=O) groups excluding carboxylic acids is 1. The number of piperidine rings is 1. The number of hydrogen-bond acceptors (Lipinski definition) is 5. The summed E-state index contributed by atoms with van der Waals surface area (Å²) in [5.74, 6) is -0.335. The van der Waals surface area contributed by atoms with Gasteiger partial charge in [-0.25, -0.2) is 4.68 Å². The number of hydrogen-bond donors (Lipinski definition) is 3. The maximum Gasteiger partial charge on any atom is 0.278 e. The molecule has 22 heavy (non-hydrogen) atoms. The molecule has 1 aromatic carbocycles. The third-order valence-corrected chi connectivity index (χ3v) is 3.95. The van der Waals surface area contributed by atoms with Crippen LogP contribution < -0.4 is 10.6 Å². The van der Waals surface area contributed by atoms with Crippen LogP contribution in [0.2, 0.25) is 0 Å². The highest BCUT2D eigenvalue weighted by atomic mass is 16.3. The molecule has 0 aliphatic carbocycles. The molecule has 0 spiro atoms. The van der Waals surface area contributed by atoms with Gasteiger partial charge in [-0.2, -0.15) is 0 Å². The lowest BCUT2D eigenvalue weighted by molar-refractivity contribution is 0.102. The van der Waals surface area contributed by atoms with E-state index in [4.69, 9.17) is 0 Å². The lowest BCUT2D eigenvalue weighted by atomic mass is 10.1. The molecule has 0 unspecified atom stereocenters. The van der Waals surface area contributed by atoms with Crippen molar-refractivity contribution < 1.29 is 9.90 Å². The number of aromatic hydroxyl groups is 1. The molecule has 1 amide bonds. The van der Waals surface area contributed by atoms with Crippen LogP contribution in [-0.4, -0.2) is 39.1 Å². The average Bonchev–Trinajstić information content (AvgIpc) is 2.92. The standard InChI is InChI=1S/C15H19N5O2/c1-10-14(15(22)17-12-4-2-3-5-13(12)21)18-19-20(10)11-6-8-16-9-7-11/h2-5,11,16,21H,6-9H2,1H3,(H,17,22). The molecule has 7 heteroatoms. The Morgan fingerprint density at radius 2 is 2.09 bits per heavy atom. The van der Waals surface area contributed by atoms with Crippen molar-refractivity contribution in [2.75, 3.05) is 18.4 Å². The molecule has 3 N–H and O–H groups in total. The molecular weight excluding hydrogens is 282 g/mol. The van der Waals surface area contributed by atoms with Crippen LogP contribution in [-0.2, 0) is 0 Å². The maximum absolute atomic E-state index is 12.3. The Balaban J connectivity index is 1.79. The molecular formula is C15H19N5O2. The van der Waals surface area contributed by atoms with Crippen molar-refractivity contribution in [3.63, 3.8) is 0 Å². The second-order valence-corrected chi connectivity index (χ2v) is 5.42. The molecule has 1 saturated heterocycles. The van der Waals surface area contributed by atoms with Crippen LogP contribution in [0.5, 0.6) is 5.75 Å². The number of nitrogens with zero attached hydrogens (tertiary/aromatic N) is 3. The predicted octanol–water partition coefficient (Wildman–Crippen LogP) is 1.47. The zero-order valence-corrected chi connectivity index (χ0v) is 12.4. The van der Waals surface area contributed by atoms with E-state index in [0.717, 1.165) is 31.6 Å². The molecule has 0 radical (unpaired) electrons. The number of nitrogens with one attached hydrogen (secondary N) is 2. The number of phenols is 1. The first-order valence-corrected chi connectivity index (χ1v) is 7.38. The van der Waals surface area contributed by atoms with Crippen molar-refractivity contribution in [3.8, 4) is 5.75 Å². The van der Waals surface area contributed by atoms with Crippen LogP contribution in [0.1, 0.15) is 35.1 Å². The minimum absolute atomic E-state index is 0.0271. The fourth-order valence-electron chi connectivity index (χ4n) is 2.71. The van der Waals surface area contributed by atoms with Crippen molar-refractivity contribution in [3.05, 3.63) is 35.7 Å². The lowest BCUT2D eigenvalue weighted by Crippen LogP contribution is -2.30. The van der Waals surface area contributed by atoms with E-state index >= 15 is 0 Å². The summed E-state index contributed by atoms with van der Waals surface area (Å²) >= 11 is 0. The summed E-state index contributed by atoms with van der Waals surface area (Å²) in [6.07, 6.45) is 1.95. The topological polar surface area (TPSA) is 92.1 Å². The number of benzene rings is 1. The van der Waals surface area contributed by atoms with Crippen LogP contribution in [0, 0.1) is 6.92 Å². The molecule has 2 aromatic rings. The SMILES string of the molecule is Cc1c(C(=O)Nc2ccccc2O)nnn1C1CCNCC1. The first-order valence-electron chi connectivity index (χ1n) is 7.38. The van der Waals surface area contributed by atoms with Gasteiger partial charge in [0.1, 0.15) is 5.75 Å². The highest BCUT2D eigenvalue weighted by molar-refractivity contribution is 6.04. The number of carbonyl (C=O) groups is 1. The van der Waals surface area contributed by atoms with Crippen molar-refractivity contribution >= 4 is 11.6 Å². The molecule has 7 nitrogen and oxygen atoms in total. The van der Waals surface area contributed by atoms with Gasteiger partial charge in [0.05, 0.1) is 17.4 Å². The van der Waals surface area contributed by atoms with Gasteiger partial charge in [-0.1, -0.05) is 17.3 Å². The summed E-state index contributed by atoms with van der Waals surface area (Å²) in [5.41, 5.74) is 1.41. The monoisotopic (exact) mass is 301 g/mol. The van der Waals surface area contributed by atoms with E-state index < -0.39 is 0 Å². The Bertz CT molecular complexity index is 676. The maximum atomic E-state index is 12.3. The Morgan fingerprint density at radius 3 is 2.82 bits per heavy atom. The number of para-hydroxylation sites is 2. The highest BCUT2D eigenvalue weighted by Crippen LogP contribution is 2.24. The smallest absolute Gasteiger partial charge is 0.278 e. The normalized spacial score (nSPS) is 15.7. The number of amides is 1. The van der Waals surface area contributed by atoms with E-state index in [1.807, 2.05) is 11.6 Å². The third-order valence-electron chi connectivity index (χ3n) is 3.95. The van der Waals surface area contributed by atoms with E-state index in [0.29, 0.717) is 11.4 Å². The number of aromatic nitrogens is 3. The first kappa shape index (κ1) is 14.5. The largest absolute Gasteiger partial charge is 0.506 e. The molecule has 1 fully saturated rings. The summed E-state index contributed by atoms with van der Waals surface area (Å²) in [5, 5.41) is 23.8. The third kappa shape index (κ3) is 2.80. The zero-order chi connectivity index (χ0) is 15.5. The summed E-state index contributed by atoms with van der Waals surface area (Å²) < 4.78 is 1.83. The van der Waals surface area contributed by atoms with Gasteiger partial charge in [-0.3, -0.25) is 4.79 Å². The molecule has 1 aliphatic heterocycles. The second kappa shape index (κ2) is 6.15. The van der Waals surface area contributed by atoms with Crippen molar-refractivity contribution in [2.45, 2.75) is 25.8 Å². The van der Waals surface area contributed by atoms with Gasteiger partial charge in [-0.05, 0) is 45.0 Å². The Morgan fingerprint density at radius 1 is 1.36 bits per heavy atom. The molecule has 116 valence electrons. The molecule has 2 heterocycles. The van der Waals surface area contributed by atoms with Crippen LogP contribution in [0.4, 0.5) is 5.69 Å². The quantitative estimate of drug-likeness (QED) is 0.747. The van der Waals surface area contributed by atoms with Crippen molar-refractivity contribution in [2.24, 2.45) is 0 Å². The second-order valence-electron chi connectivity index (χ2n) is 5.42. The molecule has 0 bridgehead atoms. The summed E-state index contributed by atoms with van der Waals surface area (Å²) in [7, 11) is 0. The van der Waals surface area contributed by atoms with Gasteiger partial charge in [0.15, 0.2) is 5.69 Å². The van der Waals surface area contributed by atoms with Gasteiger partial charge in [0.2, 0.25) is 0 Å². The number of rotatable bonds is 3. The predicted molar refractivity (Wildman–Crippen MR) is 82.0 cm³/mol. The Hall–Kier alpha value is -2.41. The molecule has 1 aliphatic rings. The molecule has 3 rings (SSSR count). The molecule has 1 aromatic heterocycles. The van der Waals surface area contributed by atoms with E-state index in [1.165, 1.54) is 6.07 Å². The van der Waals surface area contributed by atoms with Gasteiger partial charge in [0.25, 0.3) is 5.91 Å². The van der Waals surface area contributed by atoms with Gasteiger partial charge >= 0.3 is 0 Å². The summed E-state index contributed by atoms with van der Waals surface area (Å²) in [4.78, 5) is 12.3. The Kier molecular flexibility index (Phi) is 4.06. The summed E-state index contributed by atoms with van der Waals surface area (Å²) in [6.45, 7) is 3.74. The van der Waals surface area contributed by atoms with Crippen molar-refractivity contribution in [1.29, 1.82) is 0 Å². The van der Waals surface area contributed by atoms with Gasteiger partial charge in [-0.15, -0.1) is 5.10 Å². The van der Waals surface area contributed by atoms with Crippen LogP contribution in [0.15, 0.2) is 24.3 Å². The van der Waals surface area contributed by atoms with Gasteiger partial charge in [0, 0.05) is 0 Å². The van der Waals surface area contributed by atoms with Crippen LogP contribution in [0.3, 0.4) is 0 Å². The van der Waals surface area contributed by atoms with E-state index in [1.54, 1.807) is 18.2 Å². The highest BCUT2D eigenvalue weighted by Gasteiger charge is 2.23. The summed E-state index contributed by atoms with van der Waals surface area (Å²) in [6, 6.07) is 6.88. The lowest BCUT2D eigenvalue weighted by Gasteiger charge is -2.23. The molecule has 0 saturated carbocycles. The average molecular weight is 301 g/mol. The minimum atomic E-state index is -0.362. The fourth-order valence-corrected chi connectivity index (χ4v) is 2.71. The first-order chi connectivity index (χ1) is 10.7. The van der Waals surface area contributed by atoms with E-state index in [-0.39, 0.29) is 17.7 Å². The van der Waals surface area contributed by atoms with E-state index in [9.17, 15) is 9.90 Å². The van der Waals surface area contributed by atoms with Crippen molar-refractivity contribution in [1.82, 2.24) is 20.3 Å². The van der Waals surface area contributed by atoms with Crippen LogP contribution in [0.25, 0.3) is 0 Å². The van der Waals surface area contributed by atoms with Gasteiger partial charge < -0.3 is 15.7 Å². The minimum Gasteiger partial charge on any atom is -0.506 e. The fraction of sp³-hybridized carbons (Fsp3) is 0.400. The van der Waals surface area contributed by atoms with E-state index in [2.05, 4.69) is 20.9 Å². The number of anilines is 1. The molecule has 0 atom stereocenters. The number of phenolic OH excluding ortho intramolecular Hbond substituents is 1. The zero-order valence-electron chi connectivity index (χ0n) is 12.4. The van der Waals surface area contributed by atoms with Crippen LogP contribution >= 0.6 is 0 Å².